The van der Waals surface area contributed by atoms with Gasteiger partial charge in [-0.2, -0.15) is 13.2 Å². The molecule has 0 saturated carbocycles. The van der Waals surface area contributed by atoms with Gasteiger partial charge in [0.1, 0.15) is 18.9 Å². The van der Waals surface area contributed by atoms with Crippen LogP contribution in [0.3, 0.4) is 0 Å². The van der Waals surface area contributed by atoms with E-state index in [-0.39, 0.29) is 12.2 Å². The maximum atomic E-state index is 12.2. The minimum absolute atomic E-state index is 0.0708. The summed E-state index contributed by atoms with van der Waals surface area (Å²) in [4.78, 5) is 35.0. The molecule has 2 aromatic rings. The van der Waals surface area contributed by atoms with E-state index < -0.39 is 37.2 Å². The predicted molar refractivity (Wildman–Crippen MR) is 95.1 cm³/mol. The van der Waals surface area contributed by atoms with Crippen LogP contribution in [0.25, 0.3) is 0 Å². The van der Waals surface area contributed by atoms with E-state index >= 15 is 0 Å². The summed E-state index contributed by atoms with van der Waals surface area (Å²) in [5.41, 5.74) is 0.655. The zero-order valence-corrected chi connectivity index (χ0v) is 15.0. The van der Waals surface area contributed by atoms with E-state index in [1.165, 1.54) is 11.4 Å². The van der Waals surface area contributed by atoms with Crippen LogP contribution in [0.2, 0.25) is 0 Å². The van der Waals surface area contributed by atoms with Crippen molar-refractivity contribution in [3.05, 3.63) is 65.7 Å². The third-order valence-electron chi connectivity index (χ3n) is 3.41. The summed E-state index contributed by atoms with van der Waals surface area (Å²) in [5.74, 6) is -1.32. The maximum Gasteiger partial charge on any atom is 0.405 e. The summed E-state index contributed by atoms with van der Waals surface area (Å²) in [6, 6.07) is 13.9. The van der Waals surface area contributed by atoms with E-state index in [2.05, 4.69) is 0 Å². The molecule has 0 aliphatic rings. The molecule has 0 unspecified atom stereocenters. The molecule has 2 rings (SSSR count). The smallest absolute Gasteiger partial charge is 0.405 e. The third kappa shape index (κ3) is 7.91. The Bertz CT molecular complexity index is 856. The molecule has 10 heteroatoms. The molecule has 2 N–H and O–H groups in total. The number of imide groups is 1. The molecule has 2 aromatic carbocycles. The van der Waals surface area contributed by atoms with Crippen LogP contribution in [-0.2, 0) is 16.1 Å². The van der Waals surface area contributed by atoms with Crippen LogP contribution in [-0.4, -0.2) is 37.2 Å². The minimum Gasteiger partial charge on any atom is -0.489 e. The molecule has 29 heavy (non-hydrogen) atoms. The summed E-state index contributed by atoms with van der Waals surface area (Å²) in [5, 5.41) is 3.09. The Morgan fingerprint density at radius 3 is 2.28 bits per heavy atom. The molecule has 0 fully saturated rings. The number of benzene rings is 2. The number of para-hydroxylation sites is 1. The highest BCUT2D eigenvalue weighted by molar-refractivity contribution is 5.97. The molecule has 0 aliphatic carbocycles. The largest absolute Gasteiger partial charge is 0.489 e. The SMILES string of the molecule is O=C(COC(=O)c1ccccc1COc1ccccc1)NC(=O)NCC(F)(F)F. The van der Waals surface area contributed by atoms with Crippen LogP contribution in [0.4, 0.5) is 18.0 Å². The van der Waals surface area contributed by atoms with E-state index in [1.54, 1.807) is 47.8 Å². The highest BCUT2D eigenvalue weighted by Gasteiger charge is 2.28. The number of alkyl halides is 3. The molecule has 154 valence electrons. The average Bonchev–Trinajstić information content (AvgIpc) is 2.69. The van der Waals surface area contributed by atoms with Crippen LogP contribution >= 0.6 is 0 Å². The van der Waals surface area contributed by atoms with E-state index in [4.69, 9.17) is 9.47 Å². The highest BCUT2D eigenvalue weighted by atomic mass is 19.4. The lowest BCUT2D eigenvalue weighted by Gasteiger charge is -2.11. The standard InChI is InChI=1S/C19H17F3N2O5/c20-19(21,22)12-23-18(27)24-16(25)11-29-17(26)15-9-5-4-6-13(15)10-28-14-7-2-1-3-8-14/h1-9H,10-12H2,(H2,23,24,25,27). The Labute approximate surface area is 163 Å². The first-order valence-electron chi connectivity index (χ1n) is 8.32. The normalized spacial score (nSPS) is 10.7. The van der Waals surface area contributed by atoms with Gasteiger partial charge in [-0.1, -0.05) is 36.4 Å². The number of ether oxygens (including phenoxy) is 2. The Morgan fingerprint density at radius 2 is 1.59 bits per heavy atom. The molecule has 0 saturated heterocycles. The fourth-order valence-electron chi connectivity index (χ4n) is 2.12. The van der Waals surface area contributed by atoms with Gasteiger partial charge in [-0.15, -0.1) is 0 Å². The molecule has 0 bridgehead atoms. The van der Waals surface area contributed by atoms with Crippen molar-refractivity contribution in [3.63, 3.8) is 0 Å². The number of rotatable bonds is 7. The van der Waals surface area contributed by atoms with Crippen molar-refractivity contribution in [2.75, 3.05) is 13.2 Å². The number of nitrogens with one attached hydrogen (secondary N) is 2. The van der Waals surface area contributed by atoms with Crippen molar-refractivity contribution >= 4 is 17.9 Å². The lowest BCUT2D eigenvalue weighted by molar-refractivity contribution is -0.125. The number of esters is 1. The van der Waals surface area contributed by atoms with Crippen molar-refractivity contribution in [1.82, 2.24) is 10.6 Å². The lowest BCUT2D eigenvalue weighted by Crippen LogP contribution is -2.44. The molecule has 7 nitrogen and oxygen atoms in total. The summed E-state index contributed by atoms with van der Waals surface area (Å²) >= 11 is 0. The molecule has 0 atom stereocenters. The predicted octanol–water partition coefficient (Wildman–Crippen LogP) is 2.81. The van der Waals surface area contributed by atoms with Crippen LogP contribution in [0.1, 0.15) is 15.9 Å². The number of hydrogen-bond acceptors (Lipinski definition) is 5. The number of carbonyl (C=O) groups excluding carboxylic acids is 3. The summed E-state index contributed by atoms with van der Waals surface area (Å²) in [6.07, 6.45) is -4.61. The first kappa shape index (κ1) is 21.7. The van der Waals surface area contributed by atoms with Crippen molar-refractivity contribution < 1.29 is 37.0 Å². The van der Waals surface area contributed by atoms with E-state index in [0.29, 0.717) is 11.3 Å². The quantitative estimate of drug-likeness (QED) is 0.685. The number of halogens is 3. The van der Waals surface area contributed by atoms with Gasteiger partial charge in [-0.3, -0.25) is 10.1 Å². The van der Waals surface area contributed by atoms with E-state index in [0.717, 1.165) is 0 Å². The van der Waals surface area contributed by atoms with Gasteiger partial charge in [0.2, 0.25) is 0 Å². The third-order valence-corrected chi connectivity index (χ3v) is 3.41. The number of amides is 3. The molecule has 3 amide bonds. The van der Waals surface area contributed by atoms with Crippen molar-refractivity contribution in [3.8, 4) is 5.75 Å². The highest BCUT2D eigenvalue weighted by Crippen LogP contribution is 2.15. The number of carbonyl (C=O) groups is 3. The van der Waals surface area contributed by atoms with Crippen molar-refractivity contribution in [2.24, 2.45) is 0 Å². The summed E-state index contributed by atoms with van der Waals surface area (Å²) in [7, 11) is 0. The van der Waals surface area contributed by atoms with Gasteiger partial charge in [0.05, 0.1) is 5.56 Å². The fourth-order valence-corrected chi connectivity index (χ4v) is 2.12. The van der Waals surface area contributed by atoms with Gasteiger partial charge in [-0.25, -0.2) is 9.59 Å². The first-order valence-corrected chi connectivity index (χ1v) is 8.32. The summed E-state index contributed by atoms with van der Waals surface area (Å²) in [6.45, 7) is -2.37. The second kappa shape index (κ2) is 10.1. The van der Waals surface area contributed by atoms with Gasteiger partial charge in [0.15, 0.2) is 6.61 Å². The molecule has 0 spiro atoms. The molecule has 0 aliphatic heterocycles. The molecular weight excluding hydrogens is 393 g/mol. The maximum absolute atomic E-state index is 12.2. The van der Waals surface area contributed by atoms with Gasteiger partial charge < -0.3 is 14.8 Å². The first-order chi connectivity index (χ1) is 13.7. The molecule has 0 radical (unpaired) electrons. The Hall–Kier alpha value is -3.56. The van der Waals surface area contributed by atoms with Crippen LogP contribution in [0.15, 0.2) is 54.6 Å². The van der Waals surface area contributed by atoms with Gasteiger partial charge in [0, 0.05) is 5.56 Å². The Morgan fingerprint density at radius 1 is 0.931 bits per heavy atom. The number of urea groups is 1. The van der Waals surface area contributed by atoms with Crippen molar-refractivity contribution in [1.29, 1.82) is 0 Å². The average molecular weight is 410 g/mol. The molecule has 0 heterocycles. The van der Waals surface area contributed by atoms with Gasteiger partial charge in [-0.05, 0) is 18.2 Å². The zero-order chi connectivity index (χ0) is 21.3. The second-order valence-corrected chi connectivity index (χ2v) is 5.68. The van der Waals surface area contributed by atoms with E-state index in [9.17, 15) is 27.6 Å². The van der Waals surface area contributed by atoms with Crippen LogP contribution in [0, 0.1) is 0 Å². The zero-order valence-electron chi connectivity index (χ0n) is 15.0. The fraction of sp³-hybridized carbons (Fsp3) is 0.211. The van der Waals surface area contributed by atoms with E-state index in [1.807, 2.05) is 6.07 Å². The van der Waals surface area contributed by atoms with Crippen LogP contribution < -0.4 is 15.4 Å². The molecular formula is C19H17F3N2O5. The lowest BCUT2D eigenvalue weighted by atomic mass is 10.1. The number of hydrogen-bond donors (Lipinski definition) is 2. The Balaban J connectivity index is 1.86. The summed E-state index contributed by atoms with van der Waals surface area (Å²) < 4.78 is 46.4. The molecule has 0 aromatic heterocycles. The van der Waals surface area contributed by atoms with Gasteiger partial charge in [0.25, 0.3) is 5.91 Å². The van der Waals surface area contributed by atoms with Crippen LogP contribution in [0.5, 0.6) is 5.75 Å². The van der Waals surface area contributed by atoms with Gasteiger partial charge >= 0.3 is 18.2 Å². The topological polar surface area (TPSA) is 93.7 Å². The Kier molecular flexibility index (Phi) is 7.58. The monoisotopic (exact) mass is 410 g/mol. The minimum atomic E-state index is -4.61. The second-order valence-electron chi connectivity index (χ2n) is 5.68. The van der Waals surface area contributed by atoms with Crippen molar-refractivity contribution in [2.45, 2.75) is 12.8 Å².